The minimum atomic E-state index is -0.333. The molecule has 1 fully saturated rings. The normalized spacial score (nSPS) is 19.8. The highest BCUT2D eigenvalue weighted by Crippen LogP contribution is 2.20. The van der Waals surface area contributed by atoms with Crippen molar-refractivity contribution < 1.29 is 9.53 Å². The van der Waals surface area contributed by atoms with E-state index in [-0.39, 0.29) is 12.1 Å². The van der Waals surface area contributed by atoms with Gasteiger partial charge in [-0.05, 0) is 18.4 Å². The van der Waals surface area contributed by atoms with Gasteiger partial charge in [-0.3, -0.25) is 0 Å². The molecule has 1 saturated carbocycles. The van der Waals surface area contributed by atoms with Crippen LogP contribution in [-0.2, 0) is 17.8 Å². The second kappa shape index (κ2) is 8.08. The number of benzene rings is 1. The molecule has 0 bridgehead atoms. The number of ether oxygens (including phenoxy) is 1. The van der Waals surface area contributed by atoms with Gasteiger partial charge < -0.3 is 15.4 Å². The van der Waals surface area contributed by atoms with E-state index < -0.39 is 0 Å². The van der Waals surface area contributed by atoms with Crippen molar-refractivity contribution in [3.8, 4) is 0 Å². The highest BCUT2D eigenvalue weighted by Gasteiger charge is 2.30. The van der Waals surface area contributed by atoms with Gasteiger partial charge in [0.25, 0.3) is 0 Å². The van der Waals surface area contributed by atoms with Gasteiger partial charge in [0.05, 0.1) is 5.01 Å². The highest BCUT2D eigenvalue weighted by molar-refractivity contribution is 7.09. The predicted molar refractivity (Wildman–Crippen MR) is 90.4 cm³/mol. The molecule has 1 heterocycles. The summed E-state index contributed by atoms with van der Waals surface area (Å²) >= 11 is 1.69. The van der Waals surface area contributed by atoms with Crippen molar-refractivity contribution >= 4 is 17.4 Å². The highest BCUT2D eigenvalue weighted by atomic mass is 32.1. The van der Waals surface area contributed by atoms with E-state index in [4.69, 9.17) is 4.74 Å². The van der Waals surface area contributed by atoms with Crippen LogP contribution in [0.5, 0.6) is 0 Å². The standard InChI is InChI=1S/C17H21N3O2S/c21-17(22-12-13-4-2-1-3-5-13)20-15-10-14(11-15)18-7-6-16-19-8-9-23-16/h1-5,8-9,14-15,18H,6-7,10-12H2,(H,20,21). The lowest BCUT2D eigenvalue weighted by molar-refractivity contribution is 0.125. The molecule has 23 heavy (non-hydrogen) atoms. The van der Waals surface area contributed by atoms with Gasteiger partial charge in [-0.15, -0.1) is 11.3 Å². The van der Waals surface area contributed by atoms with E-state index in [0.717, 1.165) is 36.4 Å². The first-order chi connectivity index (χ1) is 11.3. The molecule has 1 amide bonds. The number of rotatable bonds is 7. The Kier molecular flexibility index (Phi) is 5.60. The van der Waals surface area contributed by atoms with Crippen LogP contribution in [0.2, 0.25) is 0 Å². The van der Waals surface area contributed by atoms with E-state index in [9.17, 15) is 4.79 Å². The second-order valence-corrected chi connectivity index (χ2v) is 6.68. The van der Waals surface area contributed by atoms with E-state index in [0.29, 0.717) is 12.6 Å². The Balaban J connectivity index is 1.25. The second-order valence-electron chi connectivity index (χ2n) is 5.70. The monoisotopic (exact) mass is 331 g/mol. The maximum Gasteiger partial charge on any atom is 0.407 e. The minimum Gasteiger partial charge on any atom is -0.445 e. The SMILES string of the molecule is O=C(NC1CC(NCCc2nccs2)C1)OCc1ccccc1. The molecule has 1 aliphatic carbocycles. The summed E-state index contributed by atoms with van der Waals surface area (Å²) in [5.41, 5.74) is 0.998. The Bertz CT molecular complexity index is 598. The summed E-state index contributed by atoms with van der Waals surface area (Å²) in [6, 6.07) is 10.4. The lowest BCUT2D eigenvalue weighted by Crippen LogP contribution is -2.52. The molecule has 0 radical (unpaired) electrons. The first-order valence-electron chi connectivity index (χ1n) is 7.88. The van der Waals surface area contributed by atoms with Crippen LogP contribution in [0.15, 0.2) is 41.9 Å². The van der Waals surface area contributed by atoms with Gasteiger partial charge in [0.2, 0.25) is 0 Å². The van der Waals surface area contributed by atoms with Crippen LogP contribution in [0, 0.1) is 0 Å². The van der Waals surface area contributed by atoms with E-state index in [1.807, 2.05) is 41.9 Å². The van der Waals surface area contributed by atoms with Crippen molar-refractivity contribution in [2.75, 3.05) is 6.54 Å². The fourth-order valence-corrected chi connectivity index (χ4v) is 3.21. The van der Waals surface area contributed by atoms with Crippen LogP contribution in [0.3, 0.4) is 0 Å². The van der Waals surface area contributed by atoms with Crippen LogP contribution in [0.4, 0.5) is 4.79 Å². The van der Waals surface area contributed by atoms with Gasteiger partial charge in [-0.25, -0.2) is 9.78 Å². The maximum atomic E-state index is 11.7. The van der Waals surface area contributed by atoms with Crippen molar-refractivity contribution in [2.24, 2.45) is 0 Å². The molecule has 0 unspecified atom stereocenters. The number of nitrogens with zero attached hydrogens (tertiary/aromatic N) is 1. The molecule has 0 atom stereocenters. The van der Waals surface area contributed by atoms with E-state index >= 15 is 0 Å². The molecule has 1 aromatic carbocycles. The molecule has 1 aliphatic rings. The smallest absolute Gasteiger partial charge is 0.407 e. The zero-order chi connectivity index (χ0) is 15.9. The first-order valence-corrected chi connectivity index (χ1v) is 8.76. The summed E-state index contributed by atoms with van der Waals surface area (Å²) in [5.74, 6) is 0. The Morgan fingerprint density at radius 1 is 1.26 bits per heavy atom. The third-order valence-electron chi connectivity index (χ3n) is 3.93. The van der Waals surface area contributed by atoms with Gasteiger partial charge >= 0.3 is 6.09 Å². The van der Waals surface area contributed by atoms with Crippen molar-refractivity contribution in [1.82, 2.24) is 15.6 Å². The Hall–Kier alpha value is -1.92. The molecule has 0 aliphatic heterocycles. The summed E-state index contributed by atoms with van der Waals surface area (Å²) in [6.45, 7) is 1.25. The average molecular weight is 331 g/mol. The maximum absolute atomic E-state index is 11.7. The summed E-state index contributed by atoms with van der Waals surface area (Å²) in [4.78, 5) is 16.0. The predicted octanol–water partition coefficient (Wildman–Crippen LogP) is 2.73. The van der Waals surface area contributed by atoms with Gasteiger partial charge in [0, 0.05) is 36.6 Å². The van der Waals surface area contributed by atoms with E-state index in [2.05, 4.69) is 15.6 Å². The quantitative estimate of drug-likeness (QED) is 0.819. The van der Waals surface area contributed by atoms with E-state index in [1.54, 1.807) is 11.3 Å². The fourth-order valence-electron chi connectivity index (χ4n) is 2.59. The minimum absolute atomic E-state index is 0.218. The molecule has 122 valence electrons. The molecule has 2 aromatic rings. The molecule has 3 rings (SSSR count). The molecule has 1 aromatic heterocycles. The topological polar surface area (TPSA) is 63.2 Å². The number of nitrogens with one attached hydrogen (secondary N) is 2. The van der Waals surface area contributed by atoms with Crippen molar-refractivity contribution in [3.05, 3.63) is 52.5 Å². The number of carbonyl (C=O) groups excluding carboxylic acids is 1. The van der Waals surface area contributed by atoms with Crippen LogP contribution >= 0.6 is 11.3 Å². The molecule has 5 nitrogen and oxygen atoms in total. The van der Waals surface area contributed by atoms with Crippen molar-refractivity contribution in [2.45, 2.75) is 38.0 Å². The summed E-state index contributed by atoms with van der Waals surface area (Å²) in [7, 11) is 0. The number of hydrogen-bond donors (Lipinski definition) is 2. The number of carbonyl (C=O) groups is 1. The zero-order valence-corrected chi connectivity index (χ0v) is 13.7. The van der Waals surface area contributed by atoms with Crippen LogP contribution in [0.1, 0.15) is 23.4 Å². The number of thiazole rings is 1. The fraction of sp³-hybridized carbons (Fsp3) is 0.412. The van der Waals surface area contributed by atoms with Gasteiger partial charge in [0.1, 0.15) is 6.61 Å². The third kappa shape index (κ3) is 5.04. The van der Waals surface area contributed by atoms with Crippen LogP contribution in [0.25, 0.3) is 0 Å². The summed E-state index contributed by atoms with van der Waals surface area (Å²) in [6.07, 6.45) is 4.38. The number of aromatic nitrogens is 1. The number of alkyl carbamates (subject to hydrolysis) is 1. The van der Waals surface area contributed by atoms with Gasteiger partial charge in [0.15, 0.2) is 0 Å². The molecule has 0 spiro atoms. The lowest BCUT2D eigenvalue weighted by atomic mass is 9.87. The first kappa shape index (κ1) is 16.0. The van der Waals surface area contributed by atoms with Crippen molar-refractivity contribution in [1.29, 1.82) is 0 Å². The van der Waals surface area contributed by atoms with Crippen LogP contribution in [-0.4, -0.2) is 29.7 Å². The molecular formula is C17H21N3O2S. The largest absolute Gasteiger partial charge is 0.445 e. The zero-order valence-electron chi connectivity index (χ0n) is 12.9. The van der Waals surface area contributed by atoms with Crippen molar-refractivity contribution in [3.63, 3.8) is 0 Å². The Labute approximate surface area is 140 Å². The lowest BCUT2D eigenvalue weighted by Gasteiger charge is -2.36. The van der Waals surface area contributed by atoms with E-state index in [1.165, 1.54) is 0 Å². The molecule has 2 N–H and O–H groups in total. The molecule has 6 heteroatoms. The summed E-state index contributed by atoms with van der Waals surface area (Å²) < 4.78 is 5.22. The average Bonchev–Trinajstić information content (AvgIpc) is 3.05. The Morgan fingerprint density at radius 3 is 2.83 bits per heavy atom. The third-order valence-corrected chi connectivity index (χ3v) is 4.77. The van der Waals surface area contributed by atoms with Gasteiger partial charge in [-0.1, -0.05) is 30.3 Å². The number of hydrogen-bond acceptors (Lipinski definition) is 5. The van der Waals surface area contributed by atoms with Gasteiger partial charge in [-0.2, -0.15) is 0 Å². The molecular weight excluding hydrogens is 310 g/mol. The number of amides is 1. The summed E-state index contributed by atoms with van der Waals surface area (Å²) in [5, 5.41) is 9.56. The molecule has 0 saturated heterocycles. The van der Waals surface area contributed by atoms with Crippen LogP contribution < -0.4 is 10.6 Å². The Morgan fingerprint density at radius 2 is 2.09 bits per heavy atom.